The van der Waals surface area contributed by atoms with Gasteiger partial charge in [-0.15, -0.1) is 0 Å². The molecule has 1 fully saturated rings. The van der Waals surface area contributed by atoms with Crippen molar-refractivity contribution < 1.29 is 13.5 Å². The van der Waals surface area contributed by atoms with Gasteiger partial charge in [-0.25, -0.2) is 8.78 Å². The average Bonchev–Trinajstić information content (AvgIpc) is 2.27. The van der Waals surface area contributed by atoms with Crippen molar-refractivity contribution >= 4 is 0 Å². The van der Waals surface area contributed by atoms with Crippen LogP contribution in [0, 0.1) is 17.8 Å². The van der Waals surface area contributed by atoms with E-state index in [9.17, 15) is 8.78 Å². The Morgan fingerprint density at radius 3 is 2.33 bits per heavy atom. The summed E-state index contributed by atoms with van der Waals surface area (Å²) in [4.78, 5) is 0. The SMILES string of the molecule is CC1CC(C)CC(C(CCOCC(F)F)NN)C1. The number of hydrazine groups is 1. The van der Waals surface area contributed by atoms with E-state index in [-0.39, 0.29) is 6.04 Å². The molecule has 1 saturated carbocycles. The van der Waals surface area contributed by atoms with E-state index in [1.54, 1.807) is 0 Å². The van der Waals surface area contributed by atoms with Crippen LogP contribution in [0.1, 0.15) is 39.5 Å². The maximum atomic E-state index is 11.9. The minimum atomic E-state index is -2.39. The van der Waals surface area contributed by atoms with Crippen LogP contribution < -0.4 is 11.3 Å². The second kappa shape index (κ2) is 8.02. The van der Waals surface area contributed by atoms with Gasteiger partial charge in [0, 0.05) is 12.6 Å². The Labute approximate surface area is 108 Å². The molecule has 0 bridgehead atoms. The molecule has 1 aliphatic rings. The third-order valence-corrected chi connectivity index (χ3v) is 3.82. The molecule has 3 atom stereocenters. The van der Waals surface area contributed by atoms with E-state index in [1.165, 1.54) is 6.42 Å². The first-order chi connectivity index (χ1) is 8.52. The molecular weight excluding hydrogens is 238 g/mol. The van der Waals surface area contributed by atoms with Crippen molar-refractivity contribution in [2.24, 2.45) is 23.6 Å². The van der Waals surface area contributed by atoms with Crippen LogP contribution in [0.3, 0.4) is 0 Å². The third-order valence-electron chi connectivity index (χ3n) is 3.82. The number of ether oxygens (including phenoxy) is 1. The molecule has 0 aromatic rings. The Bertz CT molecular complexity index is 219. The van der Waals surface area contributed by atoms with Crippen LogP contribution in [-0.4, -0.2) is 25.7 Å². The first-order valence-electron chi connectivity index (χ1n) is 6.85. The number of nitrogens with one attached hydrogen (secondary N) is 1. The molecule has 0 radical (unpaired) electrons. The minimum Gasteiger partial charge on any atom is -0.375 e. The predicted octanol–water partition coefficient (Wildman–Crippen LogP) is 2.56. The van der Waals surface area contributed by atoms with E-state index in [0.717, 1.165) is 24.7 Å². The topological polar surface area (TPSA) is 47.3 Å². The van der Waals surface area contributed by atoms with Crippen LogP contribution in [0.2, 0.25) is 0 Å². The Balaban J connectivity index is 2.30. The zero-order chi connectivity index (χ0) is 13.5. The fourth-order valence-electron chi connectivity index (χ4n) is 3.18. The quantitative estimate of drug-likeness (QED) is 0.422. The first kappa shape index (κ1) is 15.8. The van der Waals surface area contributed by atoms with Gasteiger partial charge in [0.15, 0.2) is 0 Å². The fourth-order valence-corrected chi connectivity index (χ4v) is 3.18. The molecule has 0 heterocycles. The molecule has 0 spiro atoms. The number of halogens is 2. The average molecular weight is 264 g/mol. The largest absolute Gasteiger partial charge is 0.375 e. The lowest BCUT2D eigenvalue weighted by Gasteiger charge is -2.36. The molecule has 3 N–H and O–H groups in total. The number of hydrogen-bond donors (Lipinski definition) is 2. The van der Waals surface area contributed by atoms with Crippen LogP contribution in [0.5, 0.6) is 0 Å². The third kappa shape index (κ3) is 5.59. The lowest BCUT2D eigenvalue weighted by atomic mass is 9.73. The molecule has 108 valence electrons. The van der Waals surface area contributed by atoms with Crippen LogP contribution in [0.25, 0.3) is 0 Å². The fraction of sp³-hybridized carbons (Fsp3) is 1.00. The van der Waals surface area contributed by atoms with Crippen molar-refractivity contribution in [2.45, 2.75) is 52.0 Å². The predicted molar refractivity (Wildman–Crippen MR) is 68.2 cm³/mol. The monoisotopic (exact) mass is 264 g/mol. The van der Waals surface area contributed by atoms with Gasteiger partial charge in [-0.1, -0.05) is 13.8 Å². The normalized spacial score (nSPS) is 30.7. The van der Waals surface area contributed by atoms with Gasteiger partial charge in [-0.2, -0.15) is 0 Å². The molecule has 5 heteroatoms. The highest BCUT2D eigenvalue weighted by Crippen LogP contribution is 2.35. The summed E-state index contributed by atoms with van der Waals surface area (Å²) in [6, 6.07) is 0.174. The van der Waals surface area contributed by atoms with Crippen molar-refractivity contribution in [3.63, 3.8) is 0 Å². The molecule has 0 amide bonds. The number of hydrogen-bond acceptors (Lipinski definition) is 3. The number of nitrogens with two attached hydrogens (primary N) is 1. The second-order valence-corrected chi connectivity index (χ2v) is 5.71. The van der Waals surface area contributed by atoms with Gasteiger partial charge in [0.2, 0.25) is 0 Å². The summed E-state index contributed by atoms with van der Waals surface area (Å²) in [5.41, 5.74) is 2.83. The van der Waals surface area contributed by atoms with E-state index in [2.05, 4.69) is 19.3 Å². The summed E-state index contributed by atoms with van der Waals surface area (Å²) in [5, 5.41) is 0. The van der Waals surface area contributed by atoms with E-state index in [1.807, 2.05) is 0 Å². The maximum absolute atomic E-state index is 11.9. The highest BCUT2D eigenvalue weighted by molar-refractivity contribution is 4.82. The lowest BCUT2D eigenvalue weighted by molar-refractivity contribution is 0.0111. The summed E-state index contributed by atoms with van der Waals surface area (Å²) in [5.74, 6) is 7.55. The maximum Gasteiger partial charge on any atom is 0.261 e. The molecule has 0 aliphatic heterocycles. The van der Waals surface area contributed by atoms with Crippen LogP contribution in [-0.2, 0) is 4.74 Å². The summed E-state index contributed by atoms with van der Waals surface area (Å²) in [6.07, 6.45) is 1.91. The van der Waals surface area contributed by atoms with E-state index >= 15 is 0 Å². The zero-order valence-electron chi connectivity index (χ0n) is 11.4. The van der Waals surface area contributed by atoms with Gasteiger partial charge in [0.05, 0.1) is 0 Å². The lowest BCUT2D eigenvalue weighted by Crippen LogP contribution is -2.44. The Morgan fingerprint density at radius 2 is 1.83 bits per heavy atom. The Morgan fingerprint density at radius 1 is 1.22 bits per heavy atom. The van der Waals surface area contributed by atoms with Gasteiger partial charge in [0.25, 0.3) is 6.43 Å². The molecule has 1 rings (SSSR count). The van der Waals surface area contributed by atoms with Crippen LogP contribution >= 0.6 is 0 Å². The number of alkyl halides is 2. The van der Waals surface area contributed by atoms with Crippen LogP contribution in [0.15, 0.2) is 0 Å². The molecule has 3 unspecified atom stereocenters. The minimum absolute atomic E-state index is 0.174. The van der Waals surface area contributed by atoms with Crippen molar-refractivity contribution in [1.29, 1.82) is 0 Å². The van der Waals surface area contributed by atoms with Crippen molar-refractivity contribution in [3.05, 3.63) is 0 Å². The Hall–Kier alpha value is -0.260. The van der Waals surface area contributed by atoms with E-state index < -0.39 is 13.0 Å². The zero-order valence-corrected chi connectivity index (χ0v) is 11.4. The first-order valence-corrected chi connectivity index (χ1v) is 6.85. The summed E-state index contributed by atoms with van der Waals surface area (Å²) in [6.45, 7) is 4.40. The smallest absolute Gasteiger partial charge is 0.261 e. The molecular formula is C13H26F2N2O. The molecule has 1 aliphatic carbocycles. The highest BCUT2D eigenvalue weighted by atomic mass is 19.3. The molecule has 3 nitrogen and oxygen atoms in total. The van der Waals surface area contributed by atoms with Gasteiger partial charge >= 0.3 is 0 Å². The van der Waals surface area contributed by atoms with Gasteiger partial charge < -0.3 is 4.74 Å². The highest BCUT2D eigenvalue weighted by Gasteiger charge is 2.29. The standard InChI is InChI=1S/C13H26F2N2O/c1-9-5-10(2)7-11(6-9)12(17-16)3-4-18-8-13(14)15/h9-13,17H,3-8,16H2,1-2H3. The van der Waals surface area contributed by atoms with Crippen molar-refractivity contribution in [2.75, 3.05) is 13.2 Å². The summed E-state index contributed by atoms with van der Waals surface area (Å²) < 4.78 is 28.8. The van der Waals surface area contributed by atoms with Crippen molar-refractivity contribution in [1.82, 2.24) is 5.43 Å². The molecule has 18 heavy (non-hydrogen) atoms. The van der Waals surface area contributed by atoms with E-state index in [0.29, 0.717) is 18.9 Å². The van der Waals surface area contributed by atoms with Gasteiger partial charge in [-0.05, 0) is 43.4 Å². The molecule has 0 aromatic heterocycles. The van der Waals surface area contributed by atoms with Gasteiger partial charge in [-0.3, -0.25) is 11.3 Å². The van der Waals surface area contributed by atoms with Crippen LogP contribution in [0.4, 0.5) is 8.78 Å². The van der Waals surface area contributed by atoms with Gasteiger partial charge in [0.1, 0.15) is 6.61 Å². The summed E-state index contributed by atoms with van der Waals surface area (Å²) in [7, 11) is 0. The van der Waals surface area contributed by atoms with E-state index in [4.69, 9.17) is 10.6 Å². The number of rotatable bonds is 7. The van der Waals surface area contributed by atoms with Crippen molar-refractivity contribution in [3.8, 4) is 0 Å². The Kier molecular flexibility index (Phi) is 7.04. The summed E-state index contributed by atoms with van der Waals surface area (Å²) >= 11 is 0. The second-order valence-electron chi connectivity index (χ2n) is 5.71. The molecule has 0 saturated heterocycles. The molecule has 0 aromatic carbocycles.